The van der Waals surface area contributed by atoms with E-state index in [-0.39, 0.29) is 5.41 Å². The molecule has 3 aliphatic rings. The summed E-state index contributed by atoms with van der Waals surface area (Å²) in [4.78, 5) is 2.55. The lowest BCUT2D eigenvalue weighted by molar-refractivity contribution is 0.632. The SMILES string of the molecule is CC1(C)c2ccccc2N(c2cc3c4c(c2)c2cccc5c2n4-c2c(cccc2C3(c2ccccc2)c2ccccc2)C5(c2ccccc2)c2ccccc2)c2ccccc21. The predicted octanol–water partition coefficient (Wildman–Crippen LogP) is 14.3. The molecule has 288 valence electrons. The number of hydrogen-bond donors (Lipinski definition) is 0. The molecule has 2 heteroatoms. The number of nitrogens with zero attached hydrogens (tertiary/aromatic N) is 2. The maximum atomic E-state index is 2.67. The second-order valence-corrected chi connectivity index (χ2v) is 17.6. The molecule has 0 fully saturated rings. The summed E-state index contributed by atoms with van der Waals surface area (Å²) < 4.78 is 2.67. The van der Waals surface area contributed by atoms with Crippen molar-refractivity contribution < 1.29 is 0 Å². The van der Waals surface area contributed by atoms with E-state index in [1.54, 1.807) is 0 Å². The zero-order valence-electron chi connectivity index (χ0n) is 34.2. The van der Waals surface area contributed by atoms with Crippen molar-refractivity contribution in [2.24, 2.45) is 0 Å². The number of benzene rings is 9. The van der Waals surface area contributed by atoms with Gasteiger partial charge in [0.2, 0.25) is 0 Å². The summed E-state index contributed by atoms with van der Waals surface area (Å²) >= 11 is 0. The minimum Gasteiger partial charge on any atom is -0.310 e. The number of fused-ring (bicyclic) bond motifs is 3. The van der Waals surface area contributed by atoms with Crippen LogP contribution in [0.5, 0.6) is 0 Å². The average Bonchev–Trinajstić information content (AvgIpc) is 3.66. The van der Waals surface area contributed by atoms with Gasteiger partial charge < -0.3 is 9.47 Å². The van der Waals surface area contributed by atoms with Crippen molar-refractivity contribution >= 4 is 38.9 Å². The first-order valence-corrected chi connectivity index (χ1v) is 21.5. The van der Waals surface area contributed by atoms with Crippen LogP contribution in [0.25, 0.3) is 27.5 Å². The third-order valence-electron chi connectivity index (χ3n) is 14.5. The lowest BCUT2D eigenvalue weighted by atomic mass is 9.58. The van der Waals surface area contributed by atoms with Crippen LogP contribution in [0.4, 0.5) is 17.1 Å². The van der Waals surface area contributed by atoms with Gasteiger partial charge in [-0.05, 0) is 79.9 Å². The quantitative estimate of drug-likeness (QED) is 0.169. The van der Waals surface area contributed by atoms with Crippen molar-refractivity contribution in [1.29, 1.82) is 0 Å². The summed E-state index contributed by atoms with van der Waals surface area (Å²) in [5.41, 5.74) is 18.9. The van der Waals surface area contributed by atoms with E-state index in [9.17, 15) is 0 Å². The topological polar surface area (TPSA) is 8.17 Å². The highest BCUT2D eigenvalue weighted by Crippen LogP contribution is 2.63. The predicted molar refractivity (Wildman–Crippen MR) is 251 cm³/mol. The lowest BCUT2D eigenvalue weighted by Crippen LogP contribution is -2.41. The average molecular weight is 779 g/mol. The summed E-state index contributed by atoms with van der Waals surface area (Å²) in [6.07, 6.45) is 0. The van der Waals surface area contributed by atoms with E-state index in [2.05, 4.69) is 242 Å². The lowest BCUT2D eigenvalue weighted by Gasteiger charge is -2.48. The zero-order valence-corrected chi connectivity index (χ0v) is 34.2. The molecule has 0 unspecified atom stereocenters. The molecule has 4 heterocycles. The van der Waals surface area contributed by atoms with Crippen LogP contribution >= 0.6 is 0 Å². The van der Waals surface area contributed by atoms with Gasteiger partial charge in [0, 0.05) is 21.9 Å². The van der Waals surface area contributed by atoms with Crippen LogP contribution in [0.15, 0.2) is 218 Å². The molecule has 3 aliphatic heterocycles. The molecule has 0 saturated carbocycles. The summed E-state index contributed by atoms with van der Waals surface area (Å²) in [7, 11) is 0. The summed E-state index contributed by atoms with van der Waals surface area (Å²) in [5, 5.41) is 2.53. The van der Waals surface area contributed by atoms with Crippen LogP contribution in [-0.4, -0.2) is 4.57 Å². The highest BCUT2D eigenvalue weighted by molar-refractivity contribution is 6.16. The molecule has 0 N–H and O–H groups in total. The van der Waals surface area contributed by atoms with Gasteiger partial charge in [0.05, 0.1) is 38.9 Å². The number of rotatable bonds is 5. The van der Waals surface area contributed by atoms with Crippen molar-refractivity contribution in [3.63, 3.8) is 0 Å². The summed E-state index contributed by atoms with van der Waals surface area (Å²) in [6.45, 7) is 4.74. The van der Waals surface area contributed by atoms with Crippen LogP contribution in [0, 0.1) is 0 Å². The standard InChI is InChI=1S/C59H42N2/c1-57(2)46-30-15-17-35-52(46)60(53-36-18-16-31-47(53)57)43-37-45-44-29-19-32-48-54(44)61-55(45)51(38-43)59(41-25-11-5-12-26-41,42-27-13-6-14-28-42)50-34-20-33-49(56(50)61)58(48,39-21-7-3-8-22-39)40-23-9-4-10-24-40/h3-38H,1-2H3. The van der Waals surface area contributed by atoms with E-state index in [0.717, 1.165) is 5.69 Å². The third-order valence-corrected chi connectivity index (χ3v) is 14.5. The maximum Gasteiger partial charge on any atom is 0.0743 e. The normalized spacial score (nSPS) is 15.7. The minimum absolute atomic E-state index is 0.170. The maximum absolute atomic E-state index is 2.67. The van der Waals surface area contributed by atoms with E-state index in [1.807, 2.05) is 0 Å². The number of para-hydroxylation sites is 4. The van der Waals surface area contributed by atoms with Gasteiger partial charge in [0.15, 0.2) is 0 Å². The molecule has 0 bridgehead atoms. The number of aromatic nitrogens is 1. The Morgan fingerprint density at radius 2 is 0.721 bits per heavy atom. The molecular weight excluding hydrogens is 737 g/mol. The molecule has 0 atom stereocenters. The van der Waals surface area contributed by atoms with Crippen LogP contribution in [0.3, 0.4) is 0 Å². The fourth-order valence-electron chi connectivity index (χ4n) is 12.1. The van der Waals surface area contributed by atoms with Crippen molar-refractivity contribution in [2.45, 2.75) is 30.1 Å². The van der Waals surface area contributed by atoms with Gasteiger partial charge >= 0.3 is 0 Å². The second kappa shape index (κ2) is 12.3. The third kappa shape index (κ3) is 4.22. The Kier molecular flexibility index (Phi) is 6.95. The Morgan fingerprint density at radius 3 is 1.23 bits per heavy atom. The van der Waals surface area contributed by atoms with Crippen molar-refractivity contribution in [3.8, 4) is 5.69 Å². The van der Waals surface area contributed by atoms with Crippen molar-refractivity contribution in [1.82, 2.24) is 4.57 Å². The molecule has 0 radical (unpaired) electrons. The molecule has 9 aromatic carbocycles. The molecule has 0 aliphatic carbocycles. The van der Waals surface area contributed by atoms with Gasteiger partial charge in [-0.2, -0.15) is 0 Å². The number of anilines is 3. The smallest absolute Gasteiger partial charge is 0.0743 e. The summed E-state index contributed by atoms with van der Waals surface area (Å²) in [5.74, 6) is 0. The van der Waals surface area contributed by atoms with Crippen LogP contribution in [-0.2, 0) is 16.2 Å². The van der Waals surface area contributed by atoms with Gasteiger partial charge in [-0.3, -0.25) is 0 Å². The van der Waals surface area contributed by atoms with E-state index < -0.39 is 10.8 Å². The Bertz CT molecular complexity index is 3250. The van der Waals surface area contributed by atoms with E-state index in [1.165, 1.54) is 94.5 Å². The molecule has 0 amide bonds. The van der Waals surface area contributed by atoms with Crippen LogP contribution < -0.4 is 4.90 Å². The van der Waals surface area contributed by atoms with Gasteiger partial charge in [-0.25, -0.2) is 0 Å². The van der Waals surface area contributed by atoms with E-state index in [4.69, 9.17) is 0 Å². The molecule has 13 rings (SSSR count). The fourth-order valence-corrected chi connectivity index (χ4v) is 12.1. The van der Waals surface area contributed by atoms with Gasteiger partial charge in [0.25, 0.3) is 0 Å². The first-order valence-electron chi connectivity index (χ1n) is 21.5. The Hall–Kier alpha value is -7.42. The highest BCUT2D eigenvalue weighted by atomic mass is 15.2. The van der Waals surface area contributed by atoms with E-state index in [0.29, 0.717) is 0 Å². The zero-order chi connectivity index (χ0) is 40.5. The molecular formula is C59H42N2. The Labute approximate surface area is 356 Å². The van der Waals surface area contributed by atoms with Crippen LogP contribution in [0.1, 0.15) is 69.5 Å². The molecule has 1 aromatic heterocycles. The fraction of sp³-hybridized carbons (Fsp3) is 0.0847. The molecule has 61 heavy (non-hydrogen) atoms. The van der Waals surface area contributed by atoms with Gasteiger partial charge in [-0.1, -0.05) is 208 Å². The minimum atomic E-state index is -0.669. The molecule has 0 spiro atoms. The van der Waals surface area contributed by atoms with Gasteiger partial charge in [0.1, 0.15) is 0 Å². The first kappa shape index (κ1) is 34.4. The highest BCUT2D eigenvalue weighted by Gasteiger charge is 2.53. The first-order chi connectivity index (χ1) is 30.1. The Balaban J connectivity index is 1.28. The van der Waals surface area contributed by atoms with Crippen LogP contribution in [0.2, 0.25) is 0 Å². The van der Waals surface area contributed by atoms with Gasteiger partial charge in [-0.15, -0.1) is 0 Å². The second-order valence-electron chi connectivity index (χ2n) is 17.6. The van der Waals surface area contributed by atoms with Crippen molar-refractivity contribution in [3.05, 3.63) is 274 Å². The number of hydrogen-bond acceptors (Lipinski definition) is 1. The largest absolute Gasteiger partial charge is 0.310 e. The molecule has 10 aromatic rings. The summed E-state index contributed by atoms with van der Waals surface area (Å²) in [6, 6.07) is 82.4. The van der Waals surface area contributed by atoms with Crippen molar-refractivity contribution in [2.75, 3.05) is 4.90 Å². The molecule has 0 saturated heterocycles. The van der Waals surface area contributed by atoms with E-state index >= 15 is 0 Å². The monoisotopic (exact) mass is 778 g/mol. The molecule has 2 nitrogen and oxygen atoms in total. The Morgan fingerprint density at radius 1 is 0.328 bits per heavy atom.